The van der Waals surface area contributed by atoms with Crippen molar-refractivity contribution in [1.82, 2.24) is 20.9 Å². The molecule has 0 aliphatic carbocycles. The van der Waals surface area contributed by atoms with Crippen LogP contribution in [0.4, 0.5) is 13.2 Å². The van der Waals surface area contributed by atoms with Crippen LogP contribution in [-0.4, -0.2) is 68.3 Å². The Hall–Kier alpha value is -1.51. The molecule has 1 rings (SSSR count). The molecule has 128 valence electrons. The zero-order valence-electron chi connectivity index (χ0n) is 13.0. The molecule has 1 saturated heterocycles. The lowest BCUT2D eigenvalue weighted by Crippen LogP contribution is -2.45. The Labute approximate surface area is 128 Å². The molecule has 9 heteroatoms. The van der Waals surface area contributed by atoms with Gasteiger partial charge in [-0.05, 0) is 20.3 Å². The lowest BCUT2D eigenvalue weighted by molar-refractivity contribution is -0.143. The van der Waals surface area contributed by atoms with E-state index in [2.05, 4.69) is 20.9 Å². The van der Waals surface area contributed by atoms with Gasteiger partial charge in [0.25, 0.3) is 0 Å². The molecule has 1 unspecified atom stereocenters. The number of nitrogens with zero attached hydrogens (tertiary/aromatic N) is 2. The van der Waals surface area contributed by atoms with Crippen LogP contribution in [0.5, 0.6) is 0 Å². The maximum absolute atomic E-state index is 12.4. The molecule has 1 heterocycles. The van der Waals surface area contributed by atoms with E-state index in [4.69, 9.17) is 0 Å². The van der Waals surface area contributed by atoms with Crippen LogP contribution < -0.4 is 16.0 Å². The molecule has 0 saturated carbocycles. The first-order valence-electron chi connectivity index (χ1n) is 7.44. The van der Waals surface area contributed by atoms with Gasteiger partial charge in [-0.1, -0.05) is 0 Å². The third-order valence-electron chi connectivity index (χ3n) is 3.12. The number of carbonyl (C=O) groups excluding carboxylic acids is 1. The highest BCUT2D eigenvalue weighted by Gasteiger charge is 2.34. The summed E-state index contributed by atoms with van der Waals surface area (Å²) in [4.78, 5) is 16.9. The van der Waals surface area contributed by atoms with Gasteiger partial charge in [0, 0.05) is 32.2 Å². The number of hydrogen-bond donors (Lipinski definition) is 3. The summed E-state index contributed by atoms with van der Waals surface area (Å²) in [5, 5.41) is 8.70. The van der Waals surface area contributed by atoms with Gasteiger partial charge in [-0.3, -0.25) is 9.69 Å². The third kappa shape index (κ3) is 7.48. The van der Waals surface area contributed by atoms with Gasteiger partial charge in [-0.15, -0.1) is 0 Å². The van der Waals surface area contributed by atoms with Crippen molar-refractivity contribution in [2.75, 3.05) is 39.3 Å². The summed E-state index contributed by atoms with van der Waals surface area (Å²) in [6, 6.07) is -0.102. The van der Waals surface area contributed by atoms with Crippen molar-refractivity contribution in [2.45, 2.75) is 32.5 Å². The summed E-state index contributed by atoms with van der Waals surface area (Å²) >= 11 is 0. The van der Waals surface area contributed by atoms with Crippen LogP contribution in [0.25, 0.3) is 0 Å². The van der Waals surface area contributed by atoms with E-state index in [1.807, 2.05) is 13.8 Å². The molecule has 1 aliphatic heterocycles. The van der Waals surface area contributed by atoms with Crippen molar-refractivity contribution < 1.29 is 18.0 Å². The number of halogens is 3. The second-order valence-corrected chi connectivity index (χ2v) is 5.13. The van der Waals surface area contributed by atoms with Gasteiger partial charge in [-0.2, -0.15) is 13.2 Å². The third-order valence-corrected chi connectivity index (χ3v) is 3.12. The number of hydrogen-bond acceptors (Lipinski definition) is 3. The van der Waals surface area contributed by atoms with Gasteiger partial charge in [0.2, 0.25) is 5.91 Å². The first kappa shape index (κ1) is 18.5. The second kappa shape index (κ2) is 8.82. The van der Waals surface area contributed by atoms with E-state index in [0.717, 1.165) is 0 Å². The van der Waals surface area contributed by atoms with E-state index in [0.29, 0.717) is 38.6 Å². The molecule has 1 aliphatic rings. The number of aliphatic imine (C=N–C) groups is 1. The minimum absolute atomic E-state index is 0.0117. The van der Waals surface area contributed by atoms with Crippen molar-refractivity contribution in [3.05, 3.63) is 0 Å². The number of rotatable bonds is 6. The van der Waals surface area contributed by atoms with Crippen LogP contribution in [0, 0.1) is 0 Å². The van der Waals surface area contributed by atoms with Gasteiger partial charge >= 0.3 is 6.18 Å². The monoisotopic (exact) mass is 323 g/mol. The van der Waals surface area contributed by atoms with Gasteiger partial charge in [0.15, 0.2) is 5.96 Å². The predicted octanol–water partition coefficient (Wildman–Crippen LogP) is 0.314. The first-order chi connectivity index (χ1) is 10.3. The topological polar surface area (TPSA) is 68.8 Å². The SMILES string of the molecule is CCNC(=O)CN=C(NCC)NC1CCN(CC(F)(F)F)C1. The van der Waals surface area contributed by atoms with Crippen LogP contribution in [0.3, 0.4) is 0 Å². The Bertz CT molecular complexity index is 386. The minimum atomic E-state index is -4.17. The summed E-state index contributed by atoms with van der Waals surface area (Å²) in [6.07, 6.45) is -3.56. The Balaban J connectivity index is 2.47. The average molecular weight is 323 g/mol. The average Bonchev–Trinajstić information content (AvgIpc) is 2.81. The van der Waals surface area contributed by atoms with Gasteiger partial charge in [-0.25, -0.2) is 4.99 Å². The van der Waals surface area contributed by atoms with Crippen molar-refractivity contribution in [2.24, 2.45) is 4.99 Å². The van der Waals surface area contributed by atoms with Crippen LogP contribution in [0.15, 0.2) is 4.99 Å². The molecule has 0 aromatic carbocycles. The van der Waals surface area contributed by atoms with Gasteiger partial charge in [0.05, 0.1) is 6.54 Å². The molecular formula is C13H24F3N5O. The molecular weight excluding hydrogens is 299 g/mol. The van der Waals surface area contributed by atoms with E-state index in [1.54, 1.807) is 0 Å². The van der Waals surface area contributed by atoms with E-state index in [9.17, 15) is 18.0 Å². The van der Waals surface area contributed by atoms with Crippen LogP contribution in [-0.2, 0) is 4.79 Å². The summed E-state index contributed by atoms with van der Waals surface area (Å²) in [5.74, 6) is 0.262. The largest absolute Gasteiger partial charge is 0.401 e. The lowest BCUT2D eigenvalue weighted by atomic mass is 10.3. The Kier molecular flexibility index (Phi) is 7.43. The van der Waals surface area contributed by atoms with Crippen LogP contribution in [0.2, 0.25) is 0 Å². The molecule has 3 N–H and O–H groups in total. The van der Waals surface area contributed by atoms with E-state index < -0.39 is 12.7 Å². The van der Waals surface area contributed by atoms with Crippen molar-refractivity contribution in [3.8, 4) is 0 Å². The van der Waals surface area contributed by atoms with Gasteiger partial charge < -0.3 is 16.0 Å². The van der Waals surface area contributed by atoms with Crippen molar-refractivity contribution in [3.63, 3.8) is 0 Å². The number of likely N-dealkylation sites (tertiary alicyclic amines) is 1. The highest BCUT2D eigenvalue weighted by atomic mass is 19.4. The molecule has 0 aromatic rings. The molecule has 0 bridgehead atoms. The molecule has 1 fully saturated rings. The molecule has 0 spiro atoms. The maximum atomic E-state index is 12.4. The highest BCUT2D eigenvalue weighted by molar-refractivity contribution is 5.85. The Morgan fingerprint density at radius 1 is 1.27 bits per heavy atom. The zero-order chi connectivity index (χ0) is 16.6. The number of nitrogens with one attached hydrogen (secondary N) is 3. The number of alkyl halides is 3. The molecule has 1 atom stereocenters. The predicted molar refractivity (Wildman–Crippen MR) is 78.7 cm³/mol. The molecule has 1 amide bonds. The van der Waals surface area contributed by atoms with E-state index in [1.165, 1.54) is 4.90 Å². The minimum Gasteiger partial charge on any atom is -0.357 e. The summed E-state index contributed by atoms with van der Waals surface area (Å²) in [6.45, 7) is 4.65. The summed E-state index contributed by atoms with van der Waals surface area (Å²) in [5.41, 5.74) is 0. The second-order valence-electron chi connectivity index (χ2n) is 5.13. The molecule has 0 aromatic heterocycles. The summed E-state index contributed by atoms with van der Waals surface area (Å²) in [7, 11) is 0. The molecule has 6 nitrogen and oxygen atoms in total. The fourth-order valence-electron chi connectivity index (χ4n) is 2.26. The van der Waals surface area contributed by atoms with E-state index in [-0.39, 0.29) is 18.5 Å². The fraction of sp³-hybridized carbons (Fsp3) is 0.846. The first-order valence-corrected chi connectivity index (χ1v) is 7.44. The Morgan fingerprint density at radius 2 is 1.95 bits per heavy atom. The highest BCUT2D eigenvalue weighted by Crippen LogP contribution is 2.19. The number of guanidine groups is 1. The smallest absolute Gasteiger partial charge is 0.357 e. The maximum Gasteiger partial charge on any atom is 0.401 e. The lowest BCUT2D eigenvalue weighted by Gasteiger charge is -2.19. The van der Waals surface area contributed by atoms with Crippen LogP contribution in [0.1, 0.15) is 20.3 Å². The quantitative estimate of drug-likeness (QED) is 0.486. The Morgan fingerprint density at radius 3 is 2.55 bits per heavy atom. The molecule has 0 radical (unpaired) electrons. The molecule has 22 heavy (non-hydrogen) atoms. The van der Waals surface area contributed by atoms with E-state index >= 15 is 0 Å². The number of likely N-dealkylation sites (N-methyl/N-ethyl adjacent to an activating group) is 1. The fourth-order valence-corrected chi connectivity index (χ4v) is 2.26. The van der Waals surface area contributed by atoms with Crippen molar-refractivity contribution >= 4 is 11.9 Å². The van der Waals surface area contributed by atoms with Gasteiger partial charge in [0.1, 0.15) is 6.54 Å². The standard InChI is InChI=1S/C13H24F3N5O/c1-3-17-11(22)7-19-12(18-4-2)20-10-5-6-21(8-10)9-13(14,15)16/h10H,3-9H2,1-2H3,(H,17,22)(H2,18,19,20). The number of carbonyl (C=O) groups is 1. The normalized spacial score (nSPS) is 20.0. The van der Waals surface area contributed by atoms with Crippen molar-refractivity contribution in [1.29, 1.82) is 0 Å². The summed E-state index contributed by atoms with van der Waals surface area (Å²) < 4.78 is 37.1. The number of amides is 1. The van der Waals surface area contributed by atoms with Crippen LogP contribution >= 0.6 is 0 Å². The zero-order valence-corrected chi connectivity index (χ0v) is 13.0.